The molecule has 0 aliphatic heterocycles. The van der Waals surface area contributed by atoms with Crippen LogP contribution in [0.4, 0.5) is 0 Å². The number of hydrogen-bond donors (Lipinski definition) is 1. The molecule has 0 atom stereocenters. The Bertz CT molecular complexity index is 540. The van der Waals surface area contributed by atoms with Gasteiger partial charge in [0, 0.05) is 11.4 Å². The van der Waals surface area contributed by atoms with E-state index in [4.69, 9.17) is 10.5 Å². The Morgan fingerprint density at radius 1 is 1.11 bits per heavy atom. The zero-order chi connectivity index (χ0) is 13.0. The smallest absolute Gasteiger partial charge is 0.132 e. The number of nitrogens with two attached hydrogens (primary N) is 1. The van der Waals surface area contributed by atoms with Crippen molar-refractivity contribution in [1.29, 1.82) is 0 Å². The molecule has 2 N–H and O–H groups in total. The van der Waals surface area contributed by atoms with Crippen molar-refractivity contribution >= 4 is 11.8 Å². The summed E-state index contributed by atoms with van der Waals surface area (Å²) in [4.78, 5) is 2.31. The van der Waals surface area contributed by atoms with Crippen LogP contribution in [0.5, 0.6) is 5.75 Å². The molecule has 18 heavy (non-hydrogen) atoms. The van der Waals surface area contributed by atoms with Gasteiger partial charge in [-0.15, -0.1) is 0 Å². The molecule has 0 aliphatic carbocycles. The van der Waals surface area contributed by atoms with Gasteiger partial charge in [0.2, 0.25) is 0 Å². The third kappa shape index (κ3) is 2.86. The van der Waals surface area contributed by atoms with Gasteiger partial charge in [-0.05, 0) is 36.2 Å². The molecule has 0 radical (unpaired) electrons. The van der Waals surface area contributed by atoms with Crippen LogP contribution in [0.2, 0.25) is 0 Å². The molecule has 2 rings (SSSR count). The molecule has 0 saturated heterocycles. The van der Waals surface area contributed by atoms with Crippen molar-refractivity contribution in [3.63, 3.8) is 0 Å². The average molecular weight is 259 g/mol. The molecular weight excluding hydrogens is 242 g/mol. The van der Waals surface area contributed by atoms with Gasteiger partial charge in [0.15, 0.2) is 0 Å². The van der Waals surface area contributed by atoms with E-state index >= 15 is 0 Å². The van der Waals surface area contributed by atoms with Crippen molar-refractivity contribution in [3.8, 4) is 5.75 Å². The minimum atomic E-state index is 0.553. The monoisotopic (exact) mass is 259 g/mol. The fraction of sp³-hybridized carbons (Fsp3) is 0.200. The highest BCUT2D eigenvalue weighted by Gasteiger charge is 2.07. The first-order valence-electron chi connectivity index (χ1n) is 5.85. The largest absolute Gasteiger partial charge is 0.496 e. The summed E-state index contributed by atoms with van der Waals surface area (Å²) < 4.78 is 5.37. The summed E-state index contributed by atoms with van der Waals surface area (Å²) in [6.45, 7) is 2.64. The Morgan fingerprint density at radius 2 is 1.89 bits per heavy atom. The fourth-order valence-corrected chi connectivity index (χ4v) is 2.91. The Balaban J connectivity index is 2.36. The van der Waals surface area contributed by atoms with Crippen molar-refractivity contribution in [1.82, 2.24) is 0 Å². The van der Waals surface area contributed by atoms with Crippen LogP contribution in [0.25, 0.3) is 0 Å². The summed E-state index contributed by atoms with van der Waals surface area (Å²) in [6, 6.07) is 14.4. The second-order valence-corrected chi connectivity index (χ2v) is 5.15. The van der Waals surface area contributed by atoms with E-state index in [0.29, 0.717) is 6.54 Å². The number of para-hydroxylation sites is 1. The number of methoxy groups -OCH3 is 1. The Morgan fingerprint density at radius 3 is 2.61 bits per heavy atom. The Labute approximate surface area is 112 Å². The van der Waals surface area contributed by atoms with E-state index in [1.54, 1.807) is 18.9 Å². The van der Waals surface area contributed by atoms with E-state index in [-0.39, 0.29) is 0 Å². The van der Waals surface area contributed by atoms with Gasteiger partial charge in [-0.25, -0.2) is 0 Å². The molecule has 0 saturated carbocycles. The molecule has 0 fully saturated rings. The minimum Gasteiger partial charge on any atom is -0.496 e. The van der Waals surface area contributed by atoms with Crippen LogP contribution in [0.3, 0.4) is 0 Å². The molecule has 0 bridgehead atoms. The molecule has 2 nitrogen and oxygen atoms in total. The van der Waals surface area contributed by atoms with Gasteiger partial charge in [-0.1, -0.05) is 36.0 Å². The van der Waals surface area contributed by atoms with Crippen LogP contribution in [0, 0.1) is 6.92 Å². The van der Waals surface area contributed by atoms with Gasteiger partial charge in [0.05, 0.1) is 12.0 Å². The molecule has 94 valence electrons. The van der Waals surface area contributed by atoms with E-state index in [1.165, 1.54) is 10.5 Å². The molecule has 2 aromatic rings. The summed E-state index contributed by atoms with van der Waals surface area (Å²) in [5, 5.41) is 0. The summed E-state index contributed by atoms with van der Waals surface area (Å²) in [6.07, 6.45) is 0. The molecule has 2 aromatic carbocycles. The van der Waals surface area contributed by atoms with Crippen LogP contribution < -0.4 is 10.5 Å². The minimum absolute atomic E-state index is 0.553. The first-order valence-corrected chi connectivity index (χ1v) is 6.66. The molecule has 0 heterocycles. The van der Waals surface area contributed by atoms with Crippen molar-refractivity contribution in [3.05, 3.63) is 53.6 Å². The number of rotatable bonds is 4. The highest BCUT2D eigenvalue weighted by Crippen LogP contribution is 2.36. The number of aryl methyl sites for hydroxylation is 1. The third-order valence-corrected chi connectivity index (χ3v) is 3.89. The van der Waals surface area contributed by atoms with Crippen molar-refractivity contribution in [2.24, 2.45) is 5.73 Å². The van der Waals surface area contributed by atoms with E-state index in [2.05, 4.69) is 31.2 Å². The topological polar surface area (TPSA) is 35.2 Å². The van der Waals surface area contributed by atoms with Gasteiger partial charge in [-0.2, -0.15) is 0 Å². The zero-order valence-corrected chi connectivity index (χ0v) is 11.5. The number of ether oxygens (including phenoxy) is 1. The predicted molar refractivity (Wildman–Crippen MR) is 76.2 cm³/mol. The first-order chi connectivity index (χ1) is 8.74. The highest BCUT2D eigenvalue weighted by atomic mass is 32.2. The van der Waals surface area contributed by atoms with Gasteiger partial charge in [-0.3, -0.25) is 0 Å². The van der Waals surface area contributed by atoms with Crippen LogP contribution in [0.1, 0.15) is 11.1 Å². The van der Waals surface area contributed by atoms with Crippen molar-refractivity contribution in [2.45, 2.75) is 23.3 Å². The Kier molecular flexibility index (Phi) is 4.28. The van der Waals surface area contributed by atoms with Crippen LogP contribution in [-0.4, -0.2) is 7.11 Å². The Hall–Kier alpha value is -1.45. The lowest BCUT2D eigenvalue weighted by Crippen LogP contribution is -1.98. The molecule has 0 spiro atoms. The summed E-state index contributed by atoms with van der Waals surface area (Å²) in [5.41, 5.74) is 8.18. The molecular formula is C15H17NOS. The lowest BCUT2D eigenvalue weighted by Gasteiger charge is -2.11. The second-order valence-electron chi connectivity index (χ2n) is 4.07. The average Bonchev–Trinajstić information content (AvgIpc) is 2.40. The van der Waals surface area contributed by atoms with Crippen molar-refractivity contribution < 1.29 is 4.74 Å². The molecule has 3 heteroatoms. The maximum Gasteiger partial charge on any atom is 0.132 e. The van der Waals surface area contributed by atoms with Crippen LogP contribution >= 0.6 is 11.8 Å². The normalized spacial score (nSPS) is 10.4. The predicted octanol–water partition coefficient (Wildman–Crippen LogP) is 3.61. The molecule has 0 unspecified atom stereocenters. The lowest BCUT2D eigenvalue weighted by molar-refractivity contribution is 0.405. The maximum absolute atomic E-state index is 5.78. The van der Waals surface area contributed by atoms with Crippen LogP contribution in [-0.2, 0) is 6.54 Å². The van der Waals surface area contributed by atoms with Gasteiger partial charge in [0.25, 0.3) is 0 Å². The summed E-state index contributed by atoms with van der Waals surface area (Å²) in [7, 11) is 1.69. The van der Waals surface area contributed by atoms with E-state index < -0.39 is 0 Å². The third-order valence-electron chi connectivity index (χ3n) is 2.73. The van der Waals surface area contributed by atoms with Crippen LogP contribution in [0.15, 0.2) is 52.3 Å². The zero-order valence-electron chi connectivity index (χ0n) is 10.6. The number of benzene rings is 2. The fourth-order valence-electron chi connectivity index (χ4n) is 1.75. The second kappa shape index (κ2) is 5.94. The van der Waals surface area contributed by atoms with Gasteiger partial charge >= 0.3 is 0 Å². The van der Waals surface area contributed by atoms with E-state index in [9.17, 15) is 0 Å². The SMILES string of the molecule is COc1ccccc1Sc1cc(C)ccc1CN. The number of hydrogen-bond acceptors (Lipinski definition) is 3. The van der Waals surface area contributed by atoms with E-state index in [0.717, 1.165) is 16.2 Å². The van der Waals surface area contributed by atoms with Gasteiger partial charge < -0.3 is 10.5 Å². The van der Waals surface area contributed by atoms with E-state index in [1.807, 2.05) is 18.2 Å². The quantitative estimate of drug-likeness (QED) is 0.911. The standard InChI is InChI=1S/C15H17NOS/c1-11-7-8-12(10-16)15(9-11)18-14-6-4-3-5-13(14)17-2/h3-9H,10,16H2,1-2H3. The molecule has 0 aliphatic rings. The van der Waals surface area contributed by atoms with Gasteiger partial charge in [0.1, 0.15) is 5.75 Å². The maximum atomic E-state index is 5.78. The highest BCUT2D eigenvalue weighted by molar-refractivity contribution is 7.99. The summed E-state index contributed by atoms with van der Waals surface area (Å²) in [5.74, 6) is 0.895. The van der Waals surface area contributed by atoms with Crippen molar-refractivity contribution in [2.75, 3.05) is 7.11 Å². The first kappa shape index (κ1) is 13.0. The molecule has 0 amide bonds. The molecule has 0 aromatic heterocycles. The lowest BCUT2D eigenvalue weighted by atomic mass is 10.1. The summed E-state index contributed by atoms with van der Waals surface area (Å²) >= 11 is 1.70.